The van der Waals surface area contributed by atoms with Crippen LogP contribution in [-0.4, -0.2) is 28.5 Å². The summed E-state index contributed by atoms with van der Waals surface area (Å²) in [5.41, 5.74) is 0. The maximum atomic E-state index is 11.5. The maximum absolute atomic E-state index is 11.5. The van der Waals surface area contributed by atoms with Crippen LogP contribution in [0.4, 0.5) is 0 Å². The second-order valence-corrected chi connectivity index (χ2v) is 4.45. The average Bonchev–Trinajstić information content (AvgIpc) is 2.65. The van der Waals surface area contributed by atoms with E-state index in [4.69, 9.17) is 0 Å². The molecular formula is C12H22N4O. The number of carbonyl (C=O) groups excluding carboxylic acids is 1. The maximum Gasteiger partial charge on any atom is 0.239 e. The summed E-state index contributed by atoms with van der Waals surface area (Å²) >= 11 is 0. The molecule has 0 aliphatic rings. The van der Waals surface area contributed by atoms with Crippen molar-refractivity contribution < 1.29 is 4.79 Å². The minimum Gasteiger partial charge on any atom is -0.355 e. The third-order valence-electron chi connectivity index (χ3n) is 2.33. The molecule has 96 valence electrons. The van der Waals surface area contributed by atoms with Gasteiger partial charge in [-0.25, -0.2) is 4.98 Å². The van der Waals surface area contributed by atoms with E-state index in [1.807, 2.05) is 17.7 Å². The number of nitrogens with zero attached hydrogens (tertiary/aromatic N) is 2. The summed E-state index contributed by atoms with van der Waals surface area (Å²) in [5.74, 6) is 1.54. The van der Waals surface area contributed by atoms with E-state index in [1.165, 1.54) is 0 Å². The Bertz CT molecular complexity index is 346. The minimum atomic E-state index is 0.0237. The molecule has 5 heteroatoms. The van der Waals surface area contributed by atoms with E-state index in [-0.39, 0.29) is 5.91 Å². The van der Waals surface area contributed by atoms with Crippen LogP contribution in [0.2, 0.25) is 0 Å². The molecule has 0 aliphatic heterocycles. The van der Waals surface area contributed by atoms with Gasteiger partial charge in [-0.1, -0.05) is 13.8 Å². The molecule has 0 aliphatic carbocycles. The molecule has 1 rings (SSSR count). The predicted octanol–water partition coefficient (Wildman–Crippen LogP) is 0.765. The quantitative estimate of drug-likeness (QED) is 0.737. The Hall–Kier alpha value is -1.36. The van der Waals surface area contributed by atoms with Crippen molar-refractivity contribution in [2.75, 3.05) is 13.1 Å². The Balaban J connectivity index is 2.45. The second kappa shape index (κ2) is 7.06. The van der Waals surface area contributed by atoms with Gasteiger partial charge in [0.15, 0.2) is 0 Å². The van der Waals surface area contributed by atoms with Crippen LogP contribution in [-0.2, 0) is 17.9 Å². The number of rotatable bonds is 7. The van der Waals surface area contributed by atoms with Gasteiger partial charge in [-0.3, -0.25) is 4.79 Å². The van der Waals surface area contributed by atoms with E-state index < -0.39 is 0 Å². The Labute approximate surface area is 103 Å². The minimum absolute atomic E-state index is 0.0237. The molecule has 0 atom stereocenters. The number of hydrogen-bond donors (Lipinski definition) is 2. The summed E-state index contributed by atoms with van der Waals surface area (Å²) < 4.78 is 1.87. The lowest BCUT2D eigenvalue weighted by molar-refractivity contribution is -0.121. The lowest BCUT2D eigenvalue weighted by Crippen LogP contribution is -2.28. The number of carbonyl (C=O) groups is 1. The van der Waals surface area contributed by atoms with Gasteiger partial charge < -0.3 is 15.2 Å². The molecule has 1 aromatic heterocycles. The zero-order valence-corrected chi connectivity index (χ0v) is 10.9. The van der Waals surface area contributed by atoms with Crippen molar-refractivity contribution in [2.24, 2.45) is 5.92 Å². The molecule has 0 saturated heterocycles. The number of imidazole rings is 1. The molecule has 0 radical (unpaired) electrons. The van der Waals surface area contributed by atoms with E-state index in [0.717, 1.165) is 12.4 Å². The molecule has 2 N–H and O–H groups in total. The molecule has 1 aromatic rings. The lowest BCUT2D eigenvalue weighted by Gasteiger charge is -2.10. The lowest BCUT2D eigenvalue weighted by atomic mass is 10.2. The van der Waals surface area contributed by atoms with Crippen LogP contribution in [0.5, 0.6) is 0 Å². The van der Waals surface area contributed by atoms with Crippen LogP contribution in [0.25, 0.3) is 0 Å². The molecule has 1 heterocycles. The smallest absolute Gasteiger partial charge is 0.239 e. The van der Waals surface area contributed by atoms with E-state index in [2.05, 4.69) is 29.5 Å². The fourth-order valence-corrected chi connectivity index (χ4v) is 1.53. The summed E-state index contributed by atoms with van der Waals surface area (Å²) in [6.07, 6.45) is 3.56. The Morgan fingerprint density at radius 3 is 2.94 bits per heavy atom. The Morgan fingerprint density at radius 2 is 2.29 bits per heavy atom. The highest BCUT2D eigenvalue weighted by molar-refractivity contribution is 5.75. The average molecular weight is 238 g/mol. The number of aromatic nitrogens is 2. The first kappa shape index (κ1) is 13.7. The van der Waals surface area contributed by atoms with Gasteiger partial charge in [0, 0.05) is 18.9 Å². The van der Waals surface area contributed by atoms with Crippen molar-refractivity contribution in [3.63, 3.8) is 0 Å². The van der Waals surface area contributed by atoms with Crippen molar-refractivity contribution in [3.8, 4) is 0 Å². The van der Waals surface area contributed by atoms with Crippen molar-refractivity contribution >= 4 is 5.91 Å². The molecular weight excluding hydrogens is 216 g/mol. The van der Waals surface area contributed by atoms with Gasteiger partial charge in [0.05, 0.1) is 6.54 Å². The fraction of sp³-hybridized carbons (Fsp3) is 0.667. The number of hydrogen-bond acceptors (Lipinski definition) is 3. The third-order valence-corrected chi connectivity index (χ3v) is 2.33. The summed E-state index contributed by atoms with van der Waals surface area (Å²) in [5, 5.41) is 6.10. The monoisotopic (exact) mass is 238 g/mol. The highest BCUT2D eigenvalue weighted by atomic mass is 16.1. The number of amides is 1. The second-order valence-electron chi connectivity index (χ2n) is 4.45. The summed E-state index contributed by atoms with van der Waals surface area (Å²) in [7, 11) is 0. The zero-order valence-electron chi connectivity index (χ0n) is 10.9. The molecule has 5 nitrogen and oxygen atoms in total. The summed E-state index contributed by atoms with van der Waals surface area (Å²) in [4.78, 5) is 15.7. The van der Waals surface area contributed by atoms with E-state index in [1.54, 1.807) is 6.20 Å². The summed E-state index contributed by atoms with van der Waals surface area (Å²) in [6, 6.07) is 0. The van der Waals surface area contributed by atoms with Crippen LogP contribution in [0, 0.1) is 5.92 Å². The van der Waals surface area contributed by atoms with E-state index in [0.29, 0.717) is 25.6 Å². The Kier molecular flexibility index (Phi) is 5.69. The SMILES string of the molecule is CCNC(=O)Cn1ccnc1CNCC(C)C. The normalized spacial score (nSPS) is 10.8. The first-order valence-electron chi connectivity index (χ1n) is 6.11. The molecule has 1 amide bonds. The molecule has 0 spiro atoms. The van der Waals surface area contributed by atoms with Crippen LogP contribution in [0.15, 0.2) is 12.4 Å². The van der Waals surface area contributed by atoms with Gasteiger partial charge in [0.25, 0.3) is 0 Å². The molecule has 0 bridgehead atoms. The van der Waals surface area contributed by atoms with Crippen molar-refractivity contribution in [2.45, 2.75) is 33.9 Å². The third kappa shape index (κ3) is 4.99. The standard InChI is InChI=1S/C12H22N4O/c1-4-14-12(17)9-16-6-5-15-11(16)8-13-7-10(2)3/h5-6,10,13H,4,7-9H2,1-3H3,(H,14,17). The largest absolute Gasteiger partial charge is 0.355 e. The first-order valence-corrected chi connectivity index (χ1v) is 6.11. The molecule has 0 unspecified atom stereocenters. The van der Waals surface area contributed by atoms with Crippen LogP contribution < -0.4 is 10.6 Å². The van der Waals surface area contributed by atoms with Crippen LogP contribution in [0.1, 0.15) is 26.6 Å². The molecule has 0 saturated carbocycles. The van der Waals surface area contributed by atoms with Crippen LogP contribution in [0.3, 0.4) is 0 Å². The van der Waals surface area contributed by atoms with Gasteiger partial charge in [-0.15, -0.1) is 0 Å². The highest BCUT2D eigenvalue weighted by Crippen LogP contribution is 1.98. The van der Waals surface area contributed by atoms with Gasteiger partial charge >= 0.3 is 0 Å². The topological polar surface area (TPSA) is 59.0 Å². The predicted molar refractivity (Wildman–Crippen MR) is 67.5 cm³/mol. The van der Waals surface area contributed by atoms with Crippen LogP contribution >= 0.6 is 0 Å². The first-order chi connectivity index (χ1) is 8.13. The highest BCUT2D eigenvalue weighted by Gasteiger charge is 2.06. The van der Waals surface area contributed by atoms with E-state index in [9.17, 15) is 4.79 Å². The van der Waals surface area contributed by atoms with E-state index >= 15 is 0 Å². The van der Waals surface area contributed by atoms with Gasteiger partial charge in [-0.2, -0.15) is 0 Å². The van der Waals surface area contributed by atoms with Crippen molar-refractivity contribution in [3.05, 3.63) is 18.2 Å². The van der Waals surface area contributed by atoms with Gasteiger partial charge in [0.2, 0.25) is 5.91 Å². The number of nitrogens with one attached hydrogen (secondary N) is 2. The summed E-state index contributed by atoms with van der Waals surface area (Å²) in [6.45, 7) is 8.89. The molecule has 0 aromatic carbocycles. The van der Waals surface area contributed by atoms with Crippen molar-refractivity contribution in [1.29, 1.82) is 0 Å². The zero-order chi connectivity index (χ0) is 12.7. The Morgan fingerprint density at radius 1 is 1.53 bits per heavy atom. The van der Waals surface area contributed by atoms with Crippen molar-refractivity contribution in [1.82, 2.24) is 20.2 Å². The van der Waals surface area contributed by atoms with Gasteiger partial charge in [-0.05, 0) is 19.4 Å². The molecule has 0 fully saturated rings. The fourth-order valence-electron chi connectivity index (χ4n) is 1.53. The number of likely N-dealkylation sites (N-methyl/N-ethyl adjacent to an activating group) is 1. The molecule has 17 heavy (non-hydrogen) atoms. The van der Waals surface area contributed by atoms with Gasteiger partial charge in [0.1, 0.15) is 12.4 Å².